The Bertz CT molecular complexity index is 1110. The van der Waals surface area contributed by atoms with Crippen LogP contribution in [0.5, 0.6) is 5.75 Å². The van der Waals surface area contributed by atoms with Crippen molar-refractivity contribution in [3.63, 3.8) is 0 Å². The van der Waals surface area contributed by atoms with E-state index in [0.717, 1.165) is 42.4 Å². The van der Waals surface area contributed by atoms with Crippen LogP contribution >= 0.6 is 11.3 Å². The number of benzene rings is 1. The maximum absolute atomic E-state index is 12.6. The summed E-state index contributed by atoms with van der Waals surface area (Å²) in [5, 5.41) is 8.25. The molecule has 1 fully saturated rings. The Kier molecular flexibility index (Phi) is 6.22. The Morgan fingerprint density at radius 2 is 1.97 bits per heavy atom. The number of carbonyl (C=O) groups excluding carboxylic acids is 1. The number of hydrogen-bond donors (Lipinski definition) is 1. The van der Waals surface area contributed by atoms with Crippen LogP contribution < -0.4 is 20.5 Å². The summed E-state index contributed by atoms with van der Waals surface area (Å²) in [6.07, 6.45) is 1.65. The van der Waals surface area contributed by atoms with Gasteiger partial charge in [-0.05, 0) is 51.3 Å². The van der Waals surface area contributed by atoms with Gasteiger partial charge in [0.15, 0.2) is 0 Å². The van der Waals surface area contributed by atoms with Crippen LogP contribution in [0.15, 0.2) is 35.1 Å². The molecule has 3 aromatic rings. The van der Waals surface area contributed by atoms with Crippen LogP contribution in [0.3, 0.4) is 0 Å². The van der Waals surface area contributed by atoms with E-state index in [0.29, 0.717) is 17.2 Å². The number of hydrogen-bond acceptors (Lipinski definition) is 7. The van der Waals surface area contributed by atoms with Crippen LogP contribution in [0.4, 0.5) is 5.13 Å². The molecule has 0 radical (unpaired) electrons. The minimum atomic E-state index is -0.164. The molecule has 0 aliphatic carbocycles. The minimum Gasteiger partial charge on any atom is -0.491 e. The summed E-state index contributed by atoms with van der Waals surface area (Å²) < 4.78 is 7.00. The van der Waals surface area contributed by atoms with Gasteiger partial charge in [-0.25, -0.2) is 4.98 Å². The summed E-state index contributed by atoms with van der Waals surface area (Å²) in [6, 6.07) is 9.30. The van der Waals surface area contributed by atoms with E-state index in [2.05, 4.69) is 20.3 Å². The second-order valence-electron chi connectivity index (χ2n) is 8.10. The average molecular weight is 442 g/mol. The number of piperidine rings is 1. The third-order valence-electron chi connectivity index (χ3n) is 5.26. The summed E-state index contributed by atoms with van der Waals surface area (Å²) in [4.78, 5) is 31.8. The van der Waals surface area contributed by atoms with Crippen molar-refractivity contribution >= 4 is 27.3 Å². The van der Waals surface area contributed by atoms with Crippen molar-refractivity contribution in [2.45, 2.75) is 46.3 Å². The summed E-state index contributed by atoms with van der Waals surface area (Å²) in [5.41, 5.74) is 1.57. The molecule has 0 unspecified atom stereocenters. The molecule has 8 nitrogen and oxygen atoms in total. The van der Waals surface area contributed by atoms with Crippen LogP contribution in [0, 0.1) is 12.8 Å². The lowest BCUT2D eigenvalue weighted by Crippen LogP contribution is -2.40. The zero-order chi connectivity index (χ0) is 22.0. The Morgan fingerprint density at radius 3 is 2.65 bits per heavy atom. The van der Waals surface area contributed by atoms with Crippen molar-refractivity contribution in [2.24, 2.45) is 5.92 Å². The van der Waals surface area contributed by atoms with Crippen molar-refractivity contribution in [1.82, 2.24) is 19.9 Å². The standard InChI is InChI=1S/C22H27N5O3S/c1-14(2)30-18-6-4-16(5-7-18)13-23-20(29)17-8-10-26(11-9-17)22-25-27-19(28)12-15(3)24-21(27)31-22/h4-7,12,14,17H,8-11,13H2,1-3H3,(H,23,29). The quantitative estimate of drug-likeness (QED) is 0.633. The molecular formula is C22H27N5O3S. The van der Waals surface area contributed by atoms with Crippen LogP contribution in [0.25, 0.3) is 4.96 Å². The van der Waals surface area contributed by atoms with E-state index in [1.807, 2.05) is 38.1 Å². The number of anilines is 1. The number of nitrogens with one attached hydrogen (secondary N) is 1. The Hall–Kier alpha value is -2.94. The van der Waals surface area contributed by atoms with Gasteiger partial charge in [0.05, 0.1) is 6.10 Å². The molecule has 1 aliphatic heterocycles. The summed E-state index contributed by atoms with van der Waals surface area (Å²) >= 11 is 1.41. The molecular weight excluding hydrogens is 414 g/mol. The topological polar surface area (TPSA) is 88.8 Å². The first-order valence-corrected chi connectivity index (χ1v) is 11.4. The molecule has 0 bridgehead atoms. The van der Waals surface area contributed by atoms with Gasteiger partial charge in [-0.2, -0.15) is 4.52 Å². The molecule has 164 valence electrons. The fourth-order valence-corrected chi connectivity index (χ4v) is 4.67. The van der Waals surface area contributed by atoms with E-state index in [-0.39, 0.29) is 23.5 Å². The maximum Gasteiger partial charge on any atom is 0.275 e. The molecule has 1 saturated heterocycles. The fraction of sp³-hybridized carbons (Fsp3) is 0.455. The number of rotatable bonds is 6. The predicted molar refractivity (Wildman–Crippen MR) is 121 cm³/mol. The fourth-order valence-electron chi connectivity index (χ4n) is 3.66. The molecule has 31 heavy (non-hydrogen) atoms. The van der Waals surface area contributed by atoms with E-state index < -0.39 is 0 Å². The van der Waals surface area contributed by atoms with Crippen LogP contribution in [-0.2, 0) is 11.3 Å². The maximum atomic E-state index is 12.6. The van der Waals surface area contributed by atoms with Crippen LogP contribution in [0.1, 0.15) is 37.9 Å². The molecule has 4 rings (SSSR count). The average Bonchev–Trinajstić information content (AvgIpc) is 3.17. The molecule has 1 N–H and O–H groups in total. The number of fused-ring (bicyclic) bond motifs is 1. The normalized spacial score (nSPS) is 14.9. The van der Waals surface area contributed by atoms with Crippen molar-refractivity contribution in [2.75, 3.05) is 18.0 Å². The van der Waals surface area contributed by atoms with Crippen molar-refractivity contribution < 1.29 is 9.53 Å². The summed E-state index contributed by atoms with van der Waals surface area (Å²) in [6.45, 7) is 7.76. The molecule has 2 aromatic heterocycles. The zero-order valence-electron chi connectivity index (χ0n) is 18.0. The second-order valence-corrected chi connectivity index (χ2v) is 9.04. The first-order chi connectivity index (χ1) is 14.9. The highest BCUT2D eigenvalue weighted by Gasteiger charge is 2.26. The van der Waals surface area contributed by atoms with Gasteiger partial charge in [-0.1, -0.05) is 23.5 Å². The van der Waals surface area contributed by atoms with E-state index in [4.69, 9.17) is 4.74 Å². The van der Waals surface area contributed by atoms with Crippen LogP contribution in [0.2, 0.25) is 0 Å². The zero-order valence-corrected chi connectivity index (χ0v) is 18.8. The number of aryl methyl sites for hydroxylation is 1. The summed E-state index contributed by atoms with van der Waals surface area (Å²) in [7, 11) is 0. The Balaban J connectivity index is 1.30. The third kappa shape index (κ3) is 5.04. The molecule has 3 heterocycles. The lowest BCUT2D eigenvalue weighted by atomic mass is 9.96. The Labute approximate surface area is 184 Å². The summed E-state index contributed by atoms with van der Waals surface area (Å²) in [5.74, 6) is 0.900. The van der Waals surface area contributed by atoms with Crippen molar-refractivity contribution in [3.05, 3.63) is 51.9 Å². The van der Waals surface area contributed by atoms with Gasteiger partial charge in [0.2, 0.25) is 16.0 Å². The third-order valence-corrected chi connectivity index (χ3v) is 6.23. The smallest absolute Gasteiger partial charge is 0.275 e. The molecule has 0 saturated carbocycles. The van der Waals surface area contributed by atoms with Crippen LogP contribution in [-0.4, -0.2) is 39.7 Å². The largest absolute Gasteiger partial charge is 0.491 e. The van der Waals surface area contributed by atoms with Gasteiger partial charge in [-0.3, -0.25) is 9.59 Å². The van der Waals surface area contributed by atoms with E-state index >= 15 is 0 Å². The first kappa shape index (κ1) is 21.3. The molecule has 9 heteroatoms. The number of amides is 1. The van der Waals surface area contributed by atoms with E-state index in [1.165, 1.54) is 21.9 Å². The molecule has 1 amide bonds. The van der Waals surface area contributed by atoms with Gasteiger partial charge in [-0.15, -0.1) is 5.10 Å². The number of carbonyl (C=O) groups is 1. The lowest BCUT2D eigenvalue weighted by molar-refractivity contribution is -0.125. The molecule has 1 aromatic carbocycles. The number of nitrogens with zero attached hydrogens (tertiary/aromatic N) is 4. The molecule has 1 aliphatic rings. The Morgan fingerprint density at radius 1 is 1.26 bits per heavy atom. The SMILES string of the molecule is Cc1cc(=O)n2nc(N3CCC(C(=O)NCc4ccc(OC(C)C)cc4)CC3)sc2n1. The lowest BCUT2D eigenvalue weighted by Gasteiger charge is -2.30. The monoisotopic (exact) mass is 441 g/mol. The second kappa shape index (κ2) is 9.05. The highest BCUT2D eigenvalue weighted by atomic mass is 32.1. The van der Waals surface area contributed by atoms with Gasteiger partial charge >= 0.3 is 0 Å². The van der Waals surface area contributed by atoms with E-state index in [9.17, 15) is 9.59 Å². The number of ether oxygens (including phenoxy) is 1. The van der Waals surface area contributed by atoms with Gasteiger partial charge < -0.3 is 15.0 Å². The highest BCUT2D eigenvalue weighted by molar-refractivity contribution is 7.20. The molecule has 0 atom stereocenters. The van der Waals surface area contributed by atoms with Gasteiger partial charge in [0, 0.05) is 37.3 Å². The highest BCUT2D eigenvalue weighted by Crippen LogP contribution is 2.27. The van der Waals surface area contributed by atoms with Crippen molar-refractivity contribution in [3.8, 4) is 5.75 Å². The van der Waals surface area contributed by atoms with Gasteiger partial charge in [0.1, 0.15) is 5.75 Å². The number of aromatic nitrogens is 3. The van der Waals surface area contributed by atoms with Crippen molar-refractivity contribution in [1.29, 1.82) is 0 Å². The molecule has 0 spiro atoms. The first-order valence-electron chi connectivity index (χ1n) is 10.5. The van der Waals surface area contributed by atoms with Gasteiger partial charge in [0.25, 0.3) is 5.56 Å². The minimum absolute atomic E-state index is 0.0164. The van der Waals surface area contributed by atoms with E-state index in [1.54, 1.807) is 6.92 Å². The predicted octanol–water partition coefficient (Wildman–Crippen LogP) is 2.78.